The maximum absolute atomic E-state index is 5.55. The Kier molecular flexibility index (Phi) is 7.20. The smallest absolute Gasteiger partial charge is 0.191 e. The minimum atomic E-state index is 0.206. The van der Waals surface area contributed by atoms with E-state index in [4.69, 9.17) is 9.15 Å². The summed E-state index contributed by atoms with van der Waals surface area (Å²) in [5.74, 6) is 1.65. The molecule has 1 aromatic carbocycles. The molecule has 1 atom stereocenters. The SMILES string of the molecule is CN=C(NCCCOCc1ccco1)NC(C)c1ccccc1. The van der Waals surface area contributed by atoms with Crippen molar-refractivity contribution >= 4 is 5.96 Å². The molecule has 0 fully saturated rings. The van der Waals surface area contributed by atoms with E-state index in [-0.39, 0.29) is 6.04 Å². The highest BCUT2D eigenvalue weighted by atomic mass is 16.5. The summed E-state index contributed by atoms with van der Waals surface area (Å²) in [5.41, 5.74) is 1.23. The lowest BCUT2D eigenvalue weighted by atomic mass is 10.1. The molecule has 0 saturated heterocycles. The fraction of sp³-hybridized carbons (Fsp3) is 0.389. The molecule has 0 amide bonds. The summed E-state index contributed by atoms with van der Waals surface area (Å²) < 4.78 is 10.8. The average molecular weight is 315 g/mol. The van der Waals surface area contributed by atoms with E-state index < -0.39 is 0 Å². The number of nitrogens with one attached hydrogen (secondary N) is 2. The summed E-state index contributed by atoms with van der Waals surface area (Å²) in [6.07, 6.45) is 2.56. The summed E-state index contributed by atoms with van der Waals surface area (Å²) in [7, 11) is 1.78. The second-order valence-corrected chi connectivity index (χ2v) is 5.26. The van der Waals surface area contributed by atoms with Crippen molar-refractivity contribution in [2.24, 2.45) is 4.99 Å². The van der Waals surface area contributed by atoms with E-state index in [1.54, 1.807) is 13.3 Å². The van der Waals surface area contributed by atoms with Crippen molar-refractivity contribution in [3.63, 3.8) is 0 Å². The first-order chi connectivity index (χ1) is 11.3. The molecule has 0 aliphatic carbocycles. The van der Waals surface area contributed by atoms with Crippen LogP contribution < -0.4 is 10.6 Å². The molecule has 0 radical (unpaired) electrons. The fourth-order valence-electron chi connectivity index (χ4n) is 2.17. The third-order valence-electron chi connectivity index (χ3n) is 3.46. The largest absolute Gasteiger partial charge is 0.467 e. The van der Waals surface area contributed by atoms with Crippen LogP contribution in [0.1, 0.15) is 30.7 Å². The van der Waals surface area contributed by atoms with E-state index in [1.165, 1.54) is 5.56 Å². The highest BCUT2D eigenvalue weighted by molar-refractivity contribution is 5.80. The van der Waals surface area contributed by atoms with E-state index in [2.05, 4.69) is 34.7 Å². The maximum atomic E-state index is 5.55. The zero-order chi connectivity index (χ0) is 16.3. The lowest BCUT2D eigenvalue weighted by Crippen LogP contribution is -2.39. The second-order valence-electron chi connectivity index (χ2n) is 5.26. The number of furan rings is 1. The Balaban J connectivity index is 1.61. The van der Waals surface area contributed by atoms with Crippen LogP contribution in [0.2, 0.25) is 0 Å². The van der Waals surface area contributed by atoms with Crippen LogP contribution in [0.4, 0.5) is 0 Å². The van der Waals surface area contributed by atoms with Crippen molar-refractivity contribution in [3.05, 3.63) is 60.1 Å². The minimum Gasteiger partial charge on any atom is -0.467 e. The summed E-state index contributed by atoms with van der Waals surface area (Å²) in [4.78, 5) is 4.25. The van der Waals surface area contributed by atoms with E-state index in [0.29, 0.717) is 13.2 Å². The quantitative estimate of drug-likeness (QED) is 0.446. The van der Waals surface area contributed by atoms with Gasteiger partial charge in [-0.15, -0.1) is 0 Å². The first kappa shape index (κ1) is 17.1. The van der Waals surface area contributed by atoms with Gasteiger partial charge in [-0.1, -0.05) is 30.3 Å². The Morgan fingerprint density at radius 1 is 1.22 bits per heavy atom. The summed E-state index contributed by atoms with van der Waals surface area (Å²) in [5, 5.41) is 6.68. The highest BCUT2D eigenvalue weighted by Gasteiger charge is 2.06. The number of guanidine groups is 1. The Morgan fingerprint density at radius 3 is 2.74 bits per heavy atom. The molecule has 1 aromatic heterocycles. The standard InChI is InChI=1S/C18H25N3O2/c1-15(16-8-4-3-5-9-16)21-18(19-2)20-11-7-12-22-14-17-10-6-13-23-17/h3-6,8-10,13,15H,7,11-12,14H2,1-2H3,(H2,19,20,21). The first-order valence-corrected chi connectivity index (χ1v) is 7.92. The summed E-state index contributed by atoms with van der Waals surface area (Å²) >= 11 is 0. The first-order valence-electron chi connectivity index (χ1n) is 7.92. The topological polar surface area (TPSA) is 58.8 Å². The molecule has 2 N–H and O–H groups in total. The van der Waals surface area contributed by atoms with E-state index in [9.17, 15) is 0 Å². The zero-order valence-corrected chi connectivity index (χ0v) is 13.8. The number of ether oxygens (including phenoxy) is 1. The zero-order valence-electron chi connectivity index (χ0n) is 13.8. The third-order valence-corrected chi connectivity index (χ3v) is 3.46. The van der Waals surface area contributed by atoms with Gasteiger partial charge in [0.1, 0.15) is 12.4 Å². The maximum Gasteiger partial charge on any atom is 0.191 e. The lowest BCUT2D eigenvalue weighted by Gasteiger charge is -2.18. The van der Waals surface area contributed by atoms with E-state index >= 15 is 0 Å². The van der Waals surface area contributed by atoms with Crippen molar-refractivity contribution in [1.82, 2.24) is 10.6 Å². The van der Waals surface area contributed by atoms with Crippen molar-refractivity contribution in [3.8, 4) is 0 Å². The monoisotopic (exact) mass is 315 g/mol. The Morgan fingerprint density at radius 2 is 2.04 bits per heavy atom. The van der Waals surface area contributed by atoms with Crippen molar-refractivity contribution < 1.29 is 9.15 Å². The number of hydrogen-bond donors (Lipinski definition) is 2. The van der Waals surface area contributed by atoms with Gasteiger partial charge in [-0.2, -0.15) is 0 Å². The van der Waals surface area contributed by atoms with Crippen LogP contribution >= 0.6 is 0 Å². The fourth-order valence-corrected chi connectivity index (χ4v) is 2.17. The van der Waals surface area contributed by atoms with Crippen molar-refractivity contribution in [1.29, 1.82) is 0 Å². The van der Waals surface area contributed by atoms with E-state index in [1.807, 2.05) is 30.3 Å². The van der Waals surface area contributed by atoms with Gasteiger partial charge in [-0.05, 0) is 31.0 Å². The molecule has 0 aliphatic heterocycles. The average Bonchev–Trinajstić information content (AvgIpc) is 3.11. The summed E-state index contributed by atoms with van der Waals surface area (Å²) in [6, 6.07) is 14.3. The molecular formula is C18H25N3O2. The van der Waals surface area contributed by atoms with Gasteiger partial charge in [-0.3, -0.25) is 4.99 Å². The molecule has 2 rings (SSSR count). The van der Waals surface area contributed by atoms with Crippen LogP contribution in [-0.2, 0) is 11.3 Å². The summed E-state index contributed by atoms with van der Waals surface area (Å²) in [6.45, 7) is 4.12. The molecule has 124 valence electrons. The minimum absolute atomic E-state index is 0.206. The normalized spacial score (nSPS) is 12.9. The Labute approximate surface area is 137 Å². The molecule has 1 heterocycles. The number of benzene rings is 1. The molecule has 0 aliphatic rings. The predicted molar refractivity (Wildman–Crippen MR) is 92.3 cm³/mol. The molecule has 0 spiro atoms. The number of rotatable bonds is 8. The molecule has 0 bridgehead atoms. The Bertz CT molecular complexity index is 567. The second kappa shape index (κ2) is 9.69. The number of hydrogen-bond acceptors (Lipinski definition) is 3. The molecule has 23 heavy (non-hydrogen) atoms. The van der Waals surface area contributed by atoms with Gasteiger partial charge in [0.05, 0.1) is 12.3 Å². The predicted octanol–water partition coefficient (Wildman–Crippen LogP) is 3.11. The van der Waals surface area contributed by atoms with Crippen LogP contribution in [0, 0.1) is 0 Å². The molecule has 1 unspecified atom stereocenters. The van der Waals surface area contributed by atoms with Gasteiger partial charge < -0.3 is 19.8 Å². The van der Waals surface area contributed by atoms with Crippen LogP contribution in [-0.4, -0.2) is 26.2 Å². The Hall–Kier alpha value is -2.27. The van der Waals surface area contributed by atoms with Crippen LogP contribution in [0.15, 0.2) is 58.1 Å². The molecule has 5 nitrogen and oxygen atoms in total. The van der Waals surface area contributed by atoms with E-state index in [0.717, 1.165) is 24.7 Å². The van der Waals surface area contributed by atoms with Gasteiger partial charge in [-0.25, -0.2) is 0 Å². The lowest BCUT2D eigenvalue weighted by molar-refractivity contribution is 0.105. The molecular weight excluding hydrogens is 290 g/mol. The van der Waals surface area contributed by atoms with Gasteiger partial charge in [0, 0.05) is 20.2 Å². The molecule has 2 aromatic rings. The van der Waals surface area contributed by atoms with Gasteiger partial charge >= 0.3 is 0 Å². The van der Waals surface area contributed by atoms with Gasteiger partial charge in [0.2, 0.25) is 0 Å². The van der Waals surface area contributed by atoms with Crippen molar-refractivity contribution in [2.75, 3.05) is 20.2 Å². The van der Waals surface area contributed by atoms with Crippen LogP contribution in [0.3, 0.4) is 0 Å². The van der Waals surface area contributed by atoms with Gasteiger partial charge in [0.25, 0.3) is 0 Å². The molecule has 0 saturated carbocycles. The number of nitrogens with zero attached hydrogens (tertiary/aromatic N) is 1. The van der Waals surface area contributed by atoms with Crippen LogP contribution in [0.5, 0.6) is 0 Å². The number of aliphatic imine (C=N–C) groups is 1. The highest BCUT2D eigenvalue weighted by Crippen LogP contribution is 2.10. The van der Waals surface area contributed by atoms with Gasteiger partial charge in [0.15, 0.2) is 5.96 Å². The molecule has 5 heteroatoms. The van der Waals surface area contributed by atoms with Crippen LogP contribution in [0.25, 0.3) is 0 Å². The van der Waals surface area contributed by atoms with Crippen molar-refractivity contribution in [2.45, 2.75) is 26.0 Å². The third kappa shape index (κ3) is 6.16.